The van der Waals surface area contributed by atoms with Crippen molar-refractivity contribution in [1.82, 2.24) is 4.31 Å². The maximum atomic E-state index is 12.7. The van der Waals surface area contributed by atoms with Crippen LogP contribution in [0, 0.1) is 30.9 Å². The quantitative estimate of drug-likeness (QED) is 0.444. The smallest absolute Gasteiger partial charge is 0.312 e. The number of hydrogen-bond donors (Lipinski definition) is 1. The molecule has 0 heterocycles. The summed E-state index contributed by atoms with van der Waals surface area (Å²) >= 11 is 0. The Kier molecular flexibility index (Phi) is 7.97. The van der Waals surface area contributed by atoms with Crippen LogP contribution in [0.3, 0.4) is 0 Å². The van der Waals surface area contributed by atoms with E-state index in [2.05, 4.69) is 5.32 Å². The first-order valence-electron chi connectivity index (χ1n) is 10.3. The zero-order chi connectivity index (χ0) is 24.2. The Morgan fingerprint density at radius 1 is 1.12 bits per heavy atom. The highest BCUT2D eigenvalue weighted by atomic mass is 32.2. The van der Waals surface area contributed by atoms with Crippen LogP contribution in [0.2, 0.25) is 0 Å². The number of ether oxygens (including phenoxy) is 1. The number of amides is 1. The number of sulfonamides is 1. The summed E-state index contributed by atoms with van der Waals surface area (Å²) in [5, 5.41) is 14.4. The Labute approximate surface area is 188 Å². The molecule has 174 valence electrons. The average molecular weight is 464 g/mol. The fraction of sp³-hybridized carbons (Fsp3) is 0.409. The Morgan fingerprint density at radius 3 is 2.19 bits per heavy atom. The predicted octanol–water partition coefficient (Wildman–Crippen LogP) is 3.96. The minimum Gasteiger partial charge on any atom is -0.474 e. The van der Waals surface area contributed by atoms with Crippen molar-refractivity contribution in [2.24, 2.45) is 0 Å². The number of carbonyl (C=O) groups excluding carboxylic acids is 1. The first-order chi connectivity index (χ1) is 14.9. The zero-order valence-electron chi connectivity index (χ0n) is 19.1. The lowest BCUT2D eigenvalue weighted by Gasteiger charge is -2.19. The summed E-state index contributed by atoms with van der Waals surface area (Å²) in [6.07, 6.45) is -1.06. The zero-order valence-corrected chi connectivity index (χ0v) is 19.9. The Bertz CT molecular complexity index is 1100. The highest BCUT2D eigenvalue weighted by molar-refractivity contribution is 7.89. The van der Waals surface area contributed by atoms with Gasteiger partial charge in [-0.3, -0.25) is 14.9 Å². The summed E-state index contributed by atoms with van der Waals surface area (Å²) in [6, 6.07) is 7.29. The molecule has 0 fully saturated rings. The van der Waals surface area contributed by atoms with Crippen molar-refractivity contribution < 1.29 is 22.9 Å². The highest BCUT2D eigenvalue weighted by Gasteiger charge is 2.28. The van der Waals surface area contributed by atoms with Crippen LogP contribution < -0.4 is 10.1 Å². The van der Waals surface area contributed by atoms with Crippen molar-refractivity contribution in [2.45, 2.75) is 52.5 Å². The molecule has 0 aliphatic heterocycles. The van der Waals surface area contributed by atoms with Gasteiger partial charge in [0, 0.05) is 24.8 Å². The number of nitrogens with zero attached hydrogens (tertiary/aromatic N) is 2. The van der Waals surface area contributed by atoms with Crippen molar-refractivity contribution >= 4 is 27.3 Å². The van der Waals surface area contributed by atoms with Gasteiger partial charge in [-0.25, -0.2) is 8.42 Å². The van der Waals surface area contributed by atoms with Gasteiger partial charge in [0.25, 0.3) is 5.91 Å². The number of nitro groups is 1. The molecule has 0 saturated carbocycles. The van der Waals surface area contributed by atoms with Crippen LogP contribution in [0.1, 0.15) is 37.5 Å². The minimum absolute atomic E-state index is 0.187. The molecule has 2 aromatic carbocycles. The van der Waals surface area contributed by atoms with E-state index >= 15 is 0 Å². The molecule has 1 amide bonds. The van der Waals surface area contributed by atoms with Crippen LogP contribution in [-0.2, 0) is 14.8 Å². The molecule has 10 heteroatoms. The number of carbonyl (C=O) groups is 1. The van der Waals surface area contributed by atoms with Gasteiger partial charge in [-0.05, 0) is 51.0 Å². The fourth-order valence-electron chi connectivity index (χ4n) is 3.46. The summed E-state index contributed by atoms with van der Waals surface area (Å²) in [6.45, 7) is 11.0. The van der Waals surface area contributed by atoms with Crippen LogP contribution in [0.25, 0.3) is 0 Å². The molecule has 0 bridgehead atoms. The summed E-state index contributed by atoms with van der Waals surface area (Å²) in [5.74, 6) is -0.664. The summed E-state index contributed by atoms with van der Waals surface area (Å²) in [7, 11) is -3.88. The van der Waals surface area contributed by atoms with Crippen LogP contribution in [0.5, 0.6) is 5.75 Å². The van der Waals surface area contributed by atoms with Gasteiger partial charge < -0.3 is 10.1 Å². The molecule has 2 rings (SSSR count). The van der Waals surface area contributed by atoms with Gasteiger partial charge in [0.2, 0.25) is 10.0 Å². The second kappa shape index (κ2) is 10.1. The van der Waals surface area contributed by atoms with E-state index in [1.165, 1.54) is 23.4 Å². The normalized spacial score (nSPS) is 12.5. The van der Waals surface area contributed by atoms with Gasteiger partial charge in [0.15, 0.2) is 11.9 Å². The van der Waals surface area contributed by atoms with Crippen LogP contribution in [0.4, 0.5) is 11.4 Å². The van der Waals surface area contributed by atoms with Gasteiger partial charge in [-0.15, -0.1) is 0 Å². The number of hydrogen-bond acceptors (Lipinski definition) is 6. The summed E-state index contributed by atoms with van der Waals surface area (Å²) in [4.78, 5) is 23.3. The van der Waals surface area contributed by atoms with E-state index in [1.54, 1.807) is 13.8 Å². The van der Waals surface area contributed by atoms with Crippen molar-refractivity contribution in [3.8, 4) is 5.75 Å². The standard InChI is InChI=1S/C22H29N3O6S/c1-7-24(8-2)32(29,30)18-9-10-20(19(13-18)25(27)28)31-17(6)22(26)23-21-15(4)11-14(3)12-16(21)5/h9-13,17H,7-8H2,1-6H3,(H,23,26). The number of aryl methyl sites for hydroxylation is 3. The SMILES string of the molecule is CCN(CC)S(=O)(=O)c1ccc(OC(C)C(=O)Nc2c(C)cc(C)cc2C)c([N+](=O)[O-])c1. The van der Waals surface area contributed by atoms with Crippen molar-refractivity contribution in [2.75, 3.05) is 18.4 Å². The lowest BCUT2D eigenvalue weighted by Crippen LogP contribution is -2.31. The number of nitro benzene ring substituents is 1. The predicted molar refractivity (Wildman–Crippen MR) is 123 cm³/mol. The summed E-state index contributed by atoms with van der Waals surface area (Å²) < 4.78 is 32.2. The van der Waals surface area contributed by atoms with E-state index in [0.717, 1.165) is 22.8 Å². The second-order valence-corrected chi connectivity index (χ2v) is 9.44. The molecule has 32 heavy (non-hydrogen) atoms. The molecule has 1 atom stereocenters. The number of benzene rings is 2. The topological polar surface area (TPSA) is 119 Å². The average Bonchev–Trinajstić information content (AvgIpc) is 2.71. The van der Waals surface area contributed by atoms with Gasteiger partial charge >= 0.3 is 5.69 Å². The van der Waals surface area contributed by atoms with Gasteiger partial charge in [-0.1, -0.05) is 31.5 Å². The van der Waals surface area contributed by atoms with E-state index in [1.807, 2.05) is 32.9 Å². The molecule has 0 radical (unpaired) electrons. The molecule has 0 aliphatic rings. The molecular weight excluding hydrogens is 434 g/mol. The van der Waals surface area contributed by atoms with Gasteiger partial charge in [-0.2, -0.15) is 4.31 Å². The third-order valence-corrected chi connectivity index (χ3v) is 7.11. The largest absolute Gasteiger partial charge is 0.474 e. The van der Waals surface area contributed by atoms with E-state index in [0.29, 0.717) is 5.69 Å². The first-order valence-corrected chi connectivity index (χ1v) is 11.7. The number of anilines is 1. The monoisotopic (exact) mass is 463 g/mol. The lowest BCUT2D eigenvalue weighted by molar-refractivity contribution is -0.386. The van der Waals surface area contributed by atoms with Gasteiger partial charge in [0.05, 0.1) is 9.82 Å². The van der Waals surface area contributed by atoms with Crippen LogP contribution in [-0.4, -0.2) is 42.7 Å². The van der Waals surface area contributed by atoms with Gasteiger partial charge in [0.1, 0.15) is 0 Å². The molecule has 9 nitrogen and oxygen atoms in total. The maximum absolute atomic E-state index is 12.7. The number of nitrogens with one attached hydrogen (secondary N) is 1. The Morgan fingerprint density at radius 2 is 1.69 bits per heavy atom. The van der Waals surface area contributed by atoms with E-state index in [4.69, 9.17) is 4.74 Å². The summed E-state index contributed by atoms with van der Waals surface area (Å²) in [5.41, 5.74) is 2.98. The first kappa shape index (κ1) is 25.3. The maximum Gasteiger partial charge on any atom is 0.312 e. The van der Waals surface area contributed by atoms with E-state index < -0.39 is 32.6 Å². The fourth-order valence-corrected chi connectivity index (χ4v) is 4.94. The van der Waals surface area contributed by atoms with Crippen LogP contribution in [0.15, 0.2) is 35.2 Å². The molecule has 0 aliphatic carbocycles. The van der Waals surface area contributed by atoms with Crippen molar-refractivity contribution in [3.05, 3.63) is 57.1 Å². The lowest BCUT2D eigenvalue weighted by atomic mass is 10.0. The molecule has 0 aromatic heterocycles. The molecule has 1 N–H and O–H groups in total. The second-order valence-electron chi connectivity index (χ2n) is 7.50. The van der Waals surface area contributed by atoms with Crippen molar-refractivity contribution in [1.29, 1.82) is 0 Å². The third-order valence-electron chi connectivity index (χ3n) is 5.07. The molecular formula is C22H29N3O6S. The minimum atomic E-state index is -3.88. The Hall–Kier alpha value is -2.98. The molecule has 1 unspecified atom stereocenters. The van der Waals surface area contributed by atoms with Crippen LogP contribution >= 0.6 is 0 Å². The van der Waals surface area contributed by atoms with Crippen molar-refractivity contribution in [3.63, 3.8) is 0 Å². The molecule has 2 aromatic rings. The third kappa shape index (κ3) is 5.43. The molecule has 0 saturated heterocycles. The van der Waals surface area contributed by atoms with E-state index in [-0.39, 0.29) is 23.7 Å². The van der Waals surface area contributed by atoms with E-state index in [9.17, 15) is 23.3 Å². The Balaban J connectivity index is 2.30. The number of rotatable bonds is 9. The molecule has 0 spiro atoms. The highest BCUT2D eigenvalue weighted by Crippen LogP contribution is 2.32.